The number of rotatable bonds is 4. The van der Waals surface area contributed by atoms with Crippen LogP contribution in [0.4, 0.5) is 0 Å². The van der Waals surface area contributed by atoms with E-state index in [0.717, 1.165) is 36.8 Å². The van der Waals surface area contributed by atoms with Crippen molar-refractivity contribution < 1.29 is 8.42 Å². The molecule has 2 rings (SSSR count). The van der Waals surface area contributed by atoms with Gasteiger partial charge in [0.05, 0.1) is 4.90 Å². The van der Waals surface area contributed by atoms with Gasteiger partial charge in [0.1, 0.15) is 0 Å². The normalized spacial score (nSPS) is 25.5. The molecule has 126 valence electrons. The van der Waals surface area contributed by atoms with Crippen LogP contribution in [0.1, 0.15) is 43.7 Å². The first-order valence-electron chi connectivity index (χ1n) is 7.62. The van der Waals surface area contributed by atoms with Gasteiger partial charge in [-0.2, -0.15) is 0 Å². The molecule has 1 aromatic carbocycles. The molecule has 2 atom stereocenters. The van der Waals surface area contributed by atoms with Crippen LogP contribution < -0.4 is 10.5 Å². The number of hydrogen-bond donors (Lipinski definition) is 2. The first kappa shape index (κ1) is 19.4. The quantitative estimate of drug-likeness (QED) is 0.880. The lowest BCUT2D eigenvalue weighted by molar-refractivity contribution is 0.191. The third kappa shape index (κ3) is 3.82. The minimum Gasteiger partial charge on any atom is -0.329 e. The Morgan fingerprint density at radius 1 is 1.27 bits per heavy atom. The van der Waals surface area contributed by atoms with Crippen molar-refractivity contribution in [2.45, 2.75) is 56.9 Å². The SMILES string of the molecule is Cc1ccc(S(=O)(=O)NC2(CN)CCCCC2C)cc1C.Cl. The highest BCUT2D eigenvalue weighted by Crippen LogP contribution is 2.34. The van der Waals surface area contributed by atoms with Crippen molar-refractivity contribution in [3.05, 3.63) is 29.3 Å². The summed E-state index contributed by atoms with van der Waals surface area (Å²) in [5.74, 6) is 0.262. The molecule has 1 saturated carbocycles. The highest BCUT2D eigenvalue weighted by atomic mass is 35.5. The molecule has 0 aliphatic heterocycles. The topological polar surface area (TPSA) is 72.2 Å². The molecule has 1 aromatic rings. The number of benzene rings is 1. The van der Waals surface area contributed by atoms with E-state index in [-0.39, 0.29) is 18.3 Å². The Morgan fingerprint density at radius 3 is 2.50 bits per heavy atom. The average molecular weight is 347 g/mol. The maximum Gasteiger partial charge on any atom is 0.241 e. The van der Waals surface area contributed by atoms with Crippen molar-refractivity contribution in [2.24, 2.45) is 11.7 Å². The van der Waals surface area contributed by atoms with Gasteiger partial charge in [0.2, 0.25) is 10.0 Å². The van der Waals surface area contributed by atoms with Crippen LogP contribution in [0, 0.1) is 19.8 Å². The first-order valence-corrected chi connectivity index (χ1v) is 9.10. The summed E-state index contributed by atoms with van der Waals surface area (Å²) in [5.41, 5.74) is 7.51. The van der Waals surface area contributed by atoms with Gasteiger partial charge in [0.25, 0.3) is 0 Å². The molecule has 6 heteroatoms. The highest BCUT2D eigenvalue weighted by molar-refractivity contribution is 7.89. The van der Waals surface area contributed by atoms with E-state index in [1.165, 1.54) is 0 Å². The zero-order valence-corrected chi connectivity index (χ0v) is 15.2. The summed E-state index contributed by atoms with van der Waals surface area (Å²) in [7, 11) is -3.53. The Kier molecular flexibility index (Phi) is 6.45. The number of nitrogens with two attached hydrogens (primary N) is 1. The predicted octanol–water partition coefficient (Wildman–Crippen LogP) is 2.91. The van der Waals surface area contributed by atoms with Crippen LogP contribution in [0.2, 0.25) is 0 Å². The summed E-state index contributed by atoms with van der Waals surface area (Å²) in [4.78, 5) is 0.330. The fourth-order valence-corrected chi connectivity index (χ4v) is 4.74. The number of sulfonamides is 1. The summed E-state index contributed by atoms with van der Waals surface area (Å²) >= 11 is 0. The van der Waals surface area contributed by atoms with Crippen LogP contribution in [0.5, 0.6) is 0 Å². The maximum absolute atomic E-state index is 12.7. The number of hydrogen-bond acceptors (Lipinski definition) is 3. The fourth-order valence-electron chi connectivity index (χ4n) is 3.12. The van der Waals surface area contributed by atoms with Gasteiger partial charge in [-0.1, -0.05) is 25.8 Å². The molecule has 0 radical (unpaired) electrons. The van der Waals surface area contributed by atoms with Gasteiger partial charge in [0, 0.05) is 12.1 Å². The van der Waals surface area contributed by atoms with E-state index in [2.05, 4.69) is 11.6 Å². The van der Waals surface area contributed by atoms with Crippen molar-refractivity contribution in [3.8, 4) is 0 Å². The summed E-state index contributed by atoms with van der Waals surface area (Å²) in [6.07, 6.45) is 4.01. The molecule has 1 fully saturated rings. The first-order chi connectivity index (χ1) is 9.81. The van der Waals surface area contributed by atoms with Crippen LogP contribution in [-0.2, 0) is 10.0 Å². The number of aryl methyl sites for hydroxylation is 2. The van der Waals surface area contributed by atoms with Gasteiger partial charge >= 0.3 is 0 Å². The summed E-state index contributed by atoms with van der Waals surface area (Å²) in [5, 5.41) is 0. The van der Waals surface area contributed by atoms with Crippen LogP contribution in [-0.4, -0.2) is 20.5 Å². The fraction of sp³-hybridized carbons (Fsp3) is 0.625. The monoisotopic (exact) mass is 346 g/mol. The van der Waals surface area contributed by atoms with Crippen LogP contribution in [0.3, 0.4) is 0 Å². The largest absolute Gasteiger partial charge is 0.329 e. The van der Waals surface area contributed by atoms with Gasteiger partial charge in [-0.15, -0.1) is 12.4 Å². The molecule has 0 bridgehead atoms. The van der Waals surface area contributed by atoms with Crippen LogP contribution >= 0.6 is 12.4 Å². The van der Waals surface area contributed by atoms with Gasteiger partial charge in [0.15, 0.2) is 0 Å². The summed E-state index contributed by atoms with van der Waals surface area (Å²) < 4.78 is 28.3. The Bertz CT molecular complexity index is 619. The van der Waals surface area contributed by atoms with E-state index < -0.39 is 15.6 Å². The molecule has 0 aromatic heterocycles. The van der Waals surface area contributed by atoms with Gasteiger partial charge in [-0.25, -0.2) is 13.1 Å². The average Bonchev–Trinajstić information content (AvgIpc) is 2.44. The molecule has 0 heterocycles. The Labute approximate surface area is 140 Å². The van der Waals surface area contributed by atoms with Crippen molar-refractivity contribution in [2.75, 3.05) is 6.54 Å². The number of nitrogens with one attached hydrogen (secondary N) is 1. The molecule has 0 amide bonds. The molecule has 22 heavy (non-hydrogen) atoms. The second-order valence-corrected chi connectivity index (χ2v) is 8.04. The van der Waals surface area contributed by atoms with E-state index in [0.29, 0.717) is 11.4 Å². The minimum atomic E-state index is -3.53. The molecule has 4 nitrogen and oxygen atoms in total. The Hall–Kier alpha value is -0.620. The Balaban J connectivity index is 0.00000242. The van der Waals surface area contributed by atoms with Crippen LogP contribution in [0.15, 0.2) is 23.1 Å². The van der Waals surface area contributed by atoms with E-state index in [1.807, 2.05) is 19.9 Å². The molecule has 3 N–H and O–H groups in total. The highest BCUT2D eigenvalue weighted by Gasteiger charge is 2.40. The summed E-state index contributed by atoms with van der Waals surface area (Å²) in [6, 6.07) is 5.25. The zero-order valence-electron chi connectivity index (χ0n) is 13.6. The second kappa shape index (κ2) is 7.30. The lowest BCUT2D eigenvalue weighted by Gasteiger charge is -2.42. The standard InChI is InChI=1S/C16H26N2O2S.ClH/c1-12-7-8-15(10-13(12)2)21(19,20)18-16(11-17)9-5-4-6-14(16)3;/h7-8,10,14,18H,4-6,9,11,17H2,1-3H3;1H. The van der Waals surface area contributed by atoms with E-state index >= 15 is 0 Å². The van der Waals surface area contributed by atoms with Crippen molar-refractivity contribution in [1.82, 2.24) is 4.72 Å². The Morgan fingerprint density at radius 2 is 1.95 bits per heavy atom. The van der Waals surface area contributed by atoms with Gasteiger partial charge < -0.3 is 5.73 Å². The maximum atomic E-state index is 12.7. The molecular weight excluding hydrogens is 320 g/mol. The van der Waals surface area contributed by atoms with E-state index in [1.54, 1.807) is 12.1 Å². The third-order valence-corrected chi connectivity index (χ3v) is 6.49. The lowest BCUT2D eigenvalue weighted by atomic mass is 9.74. The molecule has 1 aliphatic carbocycles. The van der Waals surface area contributed by atoms with Crippen LogP contribution in [0.25, 0.3) is 0 Å². The molecule has 0 spiro atoms. The van der Waals surface area contributed by atoms with E-state index in [9.17, 15) is 8.42 Å². The molecule has 2 unspecified atom stereocenters. The zero-order chi connectivity index (χ0) is 15.7. The van der Waals surface area contributed by atoms with E-state index in [4.69, 9.17) is 5.73 Å². The summed E-state index contributed by atoms with van der Waals surface area (Å²) in [6.45, 7) is 6.34. The number of halogens is 1. The second-order valence-electron chi connectivity index (χ2n) is 6.36. The van der Waals surface area contributed by atoms with Gasteiger partial charge in [-0.3, -0.25) is 0 Å². The van der Waals surface area contributed by atoms with Crippen molar-refractivity contribution >= 4 is 22.4 Å². The lowest BCUT2D eigenvalue weighted by Crippen LogP contribution is -2.58. The van der Waals surface area contributed by atoms with Crippen molar-refractivity contribution in [1.29, 1.82) is 0 Å². The smallest absolute Gasteiger partial charge is 0.241 e. The minimum absolute atomic E-state index is 0. The molecular formula is C16H27ClN2O2S. The predicted molar refractivity (Wildman–Crippen MR) is 92.9 cm³/mol. The third-order valence-electron chi connectivity index (χ3n) is 4.94. The molecule has 1 aliphatic rings. The molecule has 0 saturated heterocycles. The van der Waals surface area contributed by atoms with Crippen molar-refractivity contribution in [3.63, 3.8) is 0 Å². The van der Waals surface area contributed by atoms with Gasteiger partial charge in [-0.05, 0) is 55.9 Å².